The van der Waals surface area contributed by atoms with E-state index in [2.05, 4.69) is 17.2 Å². The van der Waals surface area contributed by atoms with Crippen LogP contribution in [-0.4, -0.2) is 29.4 Å². The summed E-state index contributed by atoms with van der Waals surface area (Å²) in [6, 6.07) is 3.86. The third-order valence-corrected chi connectivity index (χ3v) is 3.91. The summed E-state index contributed by atoms with van der Waals surface area (Å²) < 4.78 is 5.19. The van der Waals surface area contributed by atoms with Crippen LogP contribution in [0.1, 0.15) is 18.9 Å². The van der Waals surface area contributed by atoms with Crippen LogP contribution in [0.2, 0.25) is 0 Å². The molecule has 17 heavy (non-hydrogen) atoms. The van der Waals surface area contributed by atoms with E-state index >= 15 is 0 Å². The number of halogens is 2. The van der Waals surface area contributed by atoms with Gasteiger partial charge in [0.1, 0.15) is 0 Å². The van der Waals surface area contributed by atoms with Gasteiger partial charge in [0.05, 0.1) is 7.11 Å². The van der Waals surface area contributed by atoms with Gasteiger partial charge in [-0.15, -0.1) is 23.2 Å². The highest BCUT2D eigenvalue weighted by atomic mass is 35.5. The summed E-state index contributed by atoms with van der Waals surface area (Å²) in [6.07, 6.45) is 2.58. The molecule has 0 unspecified atom stereocenters. The monoisotopic (exact) mass is 276 g/mol. The van der Waals surface area contributed by atoms with Crippen molar-refractivity contribution in [1.29, 1.82) is 0 Å². The normalized spacial score (nSPS) is 11.5. The summed E-state index contributed by atoms with van der Waals surface area (Å²) >= 11 is 11.9. The Morgan fingerprint density at radius 1 is 1.41 bits per heavy atom. The molecule has 0 spiro atoms. The van der Waals surface area contributed by atoms with Crippen molar-refractivity contribution in [2.75, 3.05) is 18.9 Å². The quantitative estimate of drug-likeness (QED) is 0.778. The number of rotatable bonds is 7. The molecule has 0 atom stereocenters. The number of aromatic nitrogens is 1. The lowest BCUT2D eigenvalue weighted by Gasteiger charge is -2.29. The molecule has 1 heterocycles. The molecular formula is C12H18Cl2N2O. The molecule has 0 bridgehead atoms. The molecule has 96 valence electrons. The van der Waals surface area contributed by atoms with Gasteiger partial charge in [-0.1, -0.05) is 13.0 Å². The van der Waals surface area contributed by atoms with Crippen LogP contribution >= 0.6 is 23.2 Å². The van der Waals surface area contributed by atoms with E-state index in [1.165, 1.54) is 0 Å². The zero-order valence-corrected chi connectivity index (χ0v) is 11.7. The first kappa shape index (κ1) is 14.6. The number of methoxy groups -OCH3 is 1. The highest BCUT2D eigenvalue weighted by Gasteiger charge is 2.25. The molecule has 0 aliphatic heterocycles. The number of nitrogens with zero attached hydrogens (tertiary/aromatic N) is 1. The highest BCUT2D eigenvalue weighted by molar-refractivity contribution is 6.22. The van der Waals surface area contributed by atoms with Crippen LogP contribution in [0.3, 0.4) is 0 Å². The Morgan fingerprint density at radius 3 is 2.65 bits per heavy atom. The summed E-state index contributed by atoms with van der Waals surface area (Å²) in [4.78, 5) is 4.15. The third-order valence-electron chi connectivity index (χ3n) is 2.89. The molecule has 1 aromatic rings. The van der Waals surface area contributed by atoms with Gasteiger partial charge in [-0.25, -0.2) is 4.98 Å². The number of nitrogens with one attached hydrogen (secondary N) is 1. The Balaban J connectivity index is 2.71. The number of pyridine rings is 1. The largest absolute Gasteiger partial charge is 0.481 e. The predicted molar refractivity (Wildman–Crippen MR) is 72.1 cm³/mol. The van der Waals surface area contributed by atoms with Gasteiger partial charge in [-0.2, -0.15) is 0 Å². The van der Waals surface area contributed by atoms with Gasteiger partial charge in [-0.05, 0) is 12.5 Å². The first-order valence-corrected chi connectivity index (χ1v) is 6.63. The molecular weight excluding hydrogens is 259 g/mol. The molecule has 0 fully saturated rings. The molecule has 0 aliphatic rings. The van der Waals surface area contributed by atoms with E-state index in [4.69, 9.17) is 27.9 Å². The van der Waals surface area contributed by atoms with Crippen molar-refractivity contribution >= 4 is 23.2 Å². The van der Waals surface area contributed by atoms with E-state index in [9.17, 15) is 0 Å². The standard InChI is InChI=1S/C12H18Cl2N2O/c1-3-12(8-13,9-14)16-7-10-5-4-6-15-11(10)17-2/h4-6,16H,3,7-9H2,1-2H3. The van der Waals surface area contributed by atoms with Crippen LogP contribution in [0.15, 0.2) is 18.3 Å². The molecule has 0 saturated heterocycles. The molecule has 0 radical (unpaired) electrons. The predicted octanol–water partition coefficient (Wildman–Crippen LogP) is 2.81. The van der Waals surface area contributed by atoms with Crippen molar-refractivity contribution in [3.8, 4) is 5.88 Å². The van der Waals surface area contributed by atoms with E-state index < -0.39 is 0 Å². The fourth-order valence-corrected chi connectivity index (χ4v) is 2.32. The summed E-state index contributed by atoms with van der Waals surface area (Å²) in [7, 11) is 1.61. The second-order valence-corrected chi connectivity index (χ2v) is 4.46. The topological polar surface area (TPSA) is 34.2 Å². The van der Waals surface area contributed by atoms with Gasteiger partial charge in [0, 0.05) is 35.6 Å². The van der Waals surface area contributed by atoms with Gasteiger partial charge < -0.3 is 10.1 Å². The van der Waals surface area contributed by atoms with Crippen molar-refractivity contribution < 1.29 is 4.74 Å². The second-order valence-electron chi connectivity index (χ2n) is 3.93. The molecule has 0 aliphatic carbocycles. The second kappa shape index (κ2) is 7.04. The Hall–Kier alpha value is -0.510. The summed E-state index contributed by atoms with van der Waals surface area (Å²) in [5.74, 6) is 1.60. The number of hydrogen-bond acceptors (Lipinski definition) is 3. The van der Waals surface area contributed by atoms with Crippen molar-refractivity contribution in [3.63, 3.8) is 0 Å². The zero-order chi connectivity index (χ0) is 12.7. The average molecular weight is 277 g/mol. The SMILES string of the molecule is CCC(CCl)(CCl)NCc1cccnc1OC. The molecule has 5 heteroatoms. The van der Waals surface area contributed by atoms with Crippen molar-refractivity contribution in [2.45, 2.75) is 25.4 Å². The Bertz CT molecular complexity index is 335. The minimum absolute atomic E-state index is 0.232. The van der Waals surface area contributed by atoms with E-state index in [-0.39, 0.29) is 5.54 Å². The lowest BCUT2D eigenvalue weighted by Crippen LogP contribution is -2.47. The van der Waals surface area contributed by atoms with Gasteiger partial charge in [0.15, 0.2) is 0 Å². The van der Waals surface area contributed by atoms with Crippen LogP contribution in [0.5, 0.6) is 5.88 Å². The lowest BCUT2D eigenvalue weighted by molar-refractivity contribution is 0.365. The molecule has 1 N–H and O–H groups in total. The maximum Gasteiger partial charge on any atom is 0.217 e. The van der Waals surface area contributed by atoms with Crippen LogP contribution < -0.4 is 10.1 Å². The molecule has 3 nitrogen and oxygen atoms in total. The van der Waals surface area contributed by atoms with Gasteiger partial charge in [0.25, 0.3) is 0 Å². The third kappa shape index (κ3) is 3.73. The van der Waals surface area contributed by atoms with E-state index in [0.29, 0.717) is 24.2 Å². The van der Waals surface area contributed by atoms with Crippen molar-refractivity contribution in [3.05, 3.63) is 23.9 Å². The van der Waals surface area contributed by atoms with E-state index in [1.54, 1.807) is 13.3 Å². The molecule has 0 amide bonds. The minimum atomic E-state index is -0.232. The van der Waals surface area contributed by atoms with E-state index in [0.717, 1.165) is 12.0 Å². The average Bonchev–Trinajstić information content (AvgIpc) is 2.41. The minimum Gasteiger partial charge on any atom is -0.481 e. The summed E-state index contributed by atoms with van der Waals surface area (Å²) in [5, 5.41) is 3.39. The van der Waals surface area contributed by atoms with Crippen molar-refractivity contribution in [1.82, 2.24) is 10.3 Å². The van der Waals surface area contributed by atoms with Crippen LogP contribution in [-0.2, 0) is 6.54 Å². The lowest BCUT2D eigenvalue weighted by atomic mass is 10.0. The number of alkyl halides is 2. The van der Waals surface area contributed by atoms with Gasteiger partial charge >= 0.3 is 0 Å². The molecule has 1 aromatic heterocycles. The van der Waals surface area contributed by atoms with Gasteiger partial charge in [-0.3, -0.25) is 0 Å². The summed E-state index contributed by atoms with van der Waals surface area (Å²) in [6.45, 7) is 2.71. The van der Waals surface area contributed by atoms with Crippen LogP contribution in [0, 0.1) is 0 Å². The Labute approximate surface area is 112 Å². The van der Waals surface area contributed by atoms with Crippen LogP contribution in [0.25, 0.3) is 0 Å². The Morgan fingerprint density at radius 2 is 2.12 bits per heavy atom. The fraction of sp³-hybridized carbons (Fsp3) is 0.583. The zero-order valence-electron chi connectivity index (χ0n) is 10.2. The van der Waals surface area contributed by atoms with Crippen LogP contribution in [0.4, 0.5) is 0 Å². The number of hydrogen-bond donors (Lipinski definition) is 1. The first-order chi connectivity index (χ1) is 8.21. The Kier molecular flexibility index (Phi) is 6.03. The van der Waals surface area contributed by atoms with Gasteiger partial charge in [0.2, 0.25) is 5.88 Å². The van der Waals surface area contributed by atoms with Crippen molar-refractivity contribution in [2.24, 2.45) is 0 Å². The number of ether oxygens (including phenoxy) is 1. The first-order valence-electron chi connectivity index (χ1n) is 5.56. The maximum absolute atomic E-state index is 5.97. The highest BCUT2D eigenvalue weighted by Crippen LogP contribution is 2.18. The maximum atomic E-state index is 5.97. The summed E-state index contributed by atoms with van der Waals surface area (Å²) in [5.41, 5.74) is 0.771. The van der Waals surface area contributed by atoms with E-state index in [1.807, 2.05) is 12.1 Å². The molecule has 1 rings (SSSR count). The smallest absolute Gasteiger partial charge is 0.217 e. The molecule has 0 saturated carbocycles. The molecule has 0 aromatic carbocycles. The fourth-order valence-electron chi connectivity index (χ4n) is 1.47.